The summed E-state index contributed by atoms with van der Waals surface area (Å²) in [6.45, 7) is 0.864. The van der Waals surface area contributed by atoms with Crippen molar-refractivity contribution in [1.29, 1.82) is 0 Å². The van der Waals surface area contributed by atoms with Gasteiger partial charge in [0.15, 0.2) is 11.6 Å². The van der Waals surface area contributed by atoms with E-state index in [2.05, 4.69) is 10.1 Å². The van der Waals surface area contributed by atoms with Gasteiger partial charge in [0.05, 0.1) is 7.11 Å². The van der Waals surface area contributed by atoms with Crippen LogP contribution >= 0.6 is 0 Å². The van der Waals surface area contributed by atoms with Gasteiger partial charge >= 0.3 is 0 Å². The van der Waals surface area contributed by atoms with Gasteiger partial charge in [0.25, 0.3) is 0 Å². The van der Waals surface area contributed by atoms with Crippen LogP contribution in [0.4, 0.5) is 8.78 Å². The maximum atomic E-state index is 13.4. The lowest BCUT2D eigenvalue weighted by Crippen LogP contribution is -2.16. The monoisotopic (exact) mass is 231 g/mol. The third-order valence-corrected chi connectivity index (χ3v) is 2.15. The average Bonchev–Trinajstić information content (AvgIpc) is 2.28. The molecule has 16 heavy (non-hydrogen) atoms. The van der Waals surface area contributed by atoms with Crippen molar-refractivity contribution in [2.75, 3.05) is 20.3 Å². The maximum Gasteiger partial charge on any atom is 0.165 e. The van der Waals surface area contributed by atoms with Crippen molar-refractivity contribution in [2.45, 2.75) is 13.0 Å². The quantitative estimate of drug-likeness (QED) is 0.728. The normalized spacial score (nSPS) is 10.5. The highest BCUT2D eigenvalue weighted by Gasteiger charge is 2.09. The van der Waals surface area contributed by atoms with E-state index in [0.29, 0.717) is 13.0 Å². The molecule has 0 aliphatic rings. The molecular formula is C11H15F2NO2. The van der Waals surface area contributed by atoms with Crippen LogP contribution in [0.2, 0.25) is 0 Å². The summed E-state index contributed by atoms with van der Waals surface area (Å²) in [4.78, 5) is 0. The van der Waals surface area contributed by atoms with Crippen LogP contribution in [0.5, 0.6) is 5.75 Å². The summed E-state index contributed by atoms with van der Waals surface area (Å²) in [7, 11) is 1.29. The Labute approximate surface area is 93.0 Å². The van der Waals surface area contributed by atoms with Crippen LogP contribution in [0, 0.1) is 11.6 Å². The third-order valence-electron chi connectivity index (χ3n) is 2.15. The van der Waals surface area contributed by atoms with Gasteiger partial charge in [0.1, 0.15) is 5.82 Å². The lowest BCUT2D eigenvalue weighted by molar-refractivity contribution is 0.286. The van der Waals surface area contributed by atoms with Crippen LogP contribution in [-0.4, -0.2) is 25.4 Å². The second kappa shape index (κ2) is 6.40. The Balaban J connectivity index is 2.63. The van der Waals surface area contributed by atoms with Crippen molar-refractivity contribution in [3.8, 4) is 5.75 Å². The second-order valence-electron chi connectivity index (χ2n) is 3.33. The second-order valence-corrected chi connectivity index (χ2v) is 3.33. The number of methoxy groups -OCH3 is 1. The third kappa shape index (κ3) is 3.43. The van der Waals surface area contributed by atoms with Crippen LogP contribution in [0.1, 0.15) is 12.0 Å². The van der Waals surface area contributed by atoms with E-state index < -0.39 is 11.6 Å². The standard InChI is InChI=1S/C11H15F2NO2/c1-16-11-6-9(12)8(5-10(11)13)7-14-3-2-4-15/h5-6,14-15H,2-4,7H2,1H3. The Hall–Kier alpha value is -1.20. The average molecular weight is 231 g/mol. The van der Waals surface area contributed by atoms with E-state index in [1.54, 1.807) is 0 Å². The molecule has 0 amide bonds. The Bertz CT molecular complexity index is 345. The van der Waals surface area contributed by atoms with Crippen LogP contribution in [-0.2, 0) is 6.54 Å². The molecule has 0 heterocycles. The minimum absolute atomic E-state index is 0.0758. The van der Waals surface area contributed by atoms with Gasteiger partial charge in [-0.25, -0.2) is 8.78 Å². The Morgan fingerprint density at radius 3 is 2.69 bits per heavy atom. The van der Waals surface area contributed by atoms with Gasteiger partial charge in [0.2, 0.25) is 0 Å². The molecule has 5 heteroatoms. The molecule has 0 saturated carbocycles. The van der Waals surface area contributed by atoms with Gasteiger partial charge in [-0.2, -0.15) is 0 Å². The highest BCUT2D eigenvalue weighted by atomic mass is 19.1. The molecule has 0 fully saturated rings. The molecule has 1 aromatic carbocycles. The maximum absolute atomic E-state index is 13.4. The Kier molecular flexibility index (Phi) is 5.14. The summed E-state index contributed by atoms with van der Waals surface area (Å²) in [5, 5.41) is 11.4. The summed E-state index contributed by atoms with van der Waals surface area (Å²) in [5.41, 5.74) is 0.247. The number of nitrogens with one attached hydrogen (secondary N) is 1. The van der Waals surface area contributed by atoms with E-state index in [1.807, 2.05) is 0 Å². The molecule has 90 valence electrons. The van der Waals surface area contributed by atoms with Gasteiger partial charge in [-0.1, -0.05) is 0 Å². The molecule has 0 aliphatic heterocycles. The summed E-state index contributed by atoms with van der Waals surface area (Å²) in [5.74, 6) is -1.19. The number of hydrogen-bond acceptors (Lipinski definition) is 3. The summed E-state index contributed by atoms with van der Waals surface area (Å²) < 4.78 is 31.3. The molecule has 0 unspecified atom stereocenters. The molecule has 3 nitrogen and oxygen atoms in total. The predicted molar refractivity (Wildman–Crippen MR) is 56.3 cm³/mol. The van der Waals surface area contributed by atoms with Gasteiger partial charge in [-0.3, -0.25) is 0 Å². The van der Waals surface area contributed by atoms with Gasteiger partial charge in [-0.05, 0) is 19.0 Å². The minimum Gasteiger partial charge on any atom is -0.494 e. The van der Waals surface area contributed by atoms with Crippen molar-refractivity contribution in [3.63, 3.8) is 0 Å². The first-order valence-electron chi connectivity index (χ1n) is 5.02. The smallest absolute Gasteiger partial charge is 0.165 e. The first-order chi connectivity index (χ1) is 7.69. The van der Waals surface area contributed by atoms with Crippen molar-refractivity contribution in [3.05, 3.63) is 29.3 Å². The van der Waals surface area contributed by atoms with Crippen LogP contribution in [0.3, 0.4) is 0 Å². The van der Waals surface area contributed by atoms with E-state index >= 15 is 0 Å². The Morgan fingerprint density at radius 2 is 2.06 bits per heavy atom. The molecular weight excluding hydrogens is 216 g/mol. The largest absolute Gasteiger partial charge is 0.494 e. The summed E-state index contributed by atoms with van der Waals surface area (Å²) >= 11 is 0. The van der Waals surface area contributed by atoms with Crippen molar-refractivity contribution >= 4 is 0 Å². The molecule has 0 bridgehead atoms. The zero-order chi connectivity index (χ0) is 12.0. The summed E-state index contributed by atoms with van der Waals surface area (Å²) in [6, 6.07) is 2.14. The molecule has 1 aromatic rings. The lowest BCUT2D eigenvalue weighted by atomic mass is 10.2. The molecule has 0 radical (unpaired) electrons. The first-order valence-corrected chi connectivity index (χ1v) is 5.02. The molecule has 0 aromatic heterocycles. The van der Waals surface area contributed by atoms with E-state index in [0.717, 1.165) is 12.1 Å². The van der Waals surface area contributed by atoms with Crippen LogP contribution < -0.4 is 10.1 Å². The van der Waals surface area contributed by atoms with Gasteiger partial charge < -0.3 is 15.2 Å². The molecule has 0 saturated heterocycles. The number of aliphatic hydroxyl groups is 1. The first kappa shape index (κ1) is 12.9. The number of aliphatic hydroxyl groups excluding tert-OH is 1. The molecule has 2 N–H and O–H groups in total. The van der Waals surface area contributed by atoms with Crippen molar-refractivity contribution in [1.82, 2.24) is 5.32 Å². The lowest BCUT2D eigenvalue weighted by Gasteiger charge is -2.08. The fourth-order valence-corrected chi connectivity index (χ4v) is 1.29. The SMILES string of the molecule is COc1cc(F)c(CNCCCO)cc1F. The number of benzene rings is 1. The van der Waals surface area contributed by atoms with Gasteiger partial charge in [-0.15, -0.1) is 0 Å². The summed E-state index contributed by atoms with van der Waals surface area (Å²) in [6.07, 6.45) is 0.584. The van der Waals surface area contributed by atoms with E-state index in [-0.39, 0.29) is 24.5 Å². The topological polar surface area (TPSA) is 41.5 Å². The van der Waals surface area contributed by atoms with E-state index in [1.165, 1.54) is 7.11 Å². The van der Waals surface area contributed by atoms with Crippen molar-refractivity contribution in [2.24, 2.45) is 0 Å². The fraction of sp³-hybridized carbons (Fsp3) is 0.455. The molecule has 0 spiro atoms. The number of ether oxygens (including phenoxy) is 1. The molecule has 0 atom stereocenters. The number of halogens is 2. The zero-order valence-corrected chi connectivity index (χ0v) is 9.09. The van der Waals surface area contributed by atoms with Crippen molar-refractivity contribution < 1.29 is 18.6 Å². The van der Waals surface area contributed by atoms with Crippen LogP contribution in [0.15, 0.2) is 12.1 Å². The van der Waals surface area contributed by atoms with E-state index in [9.17, 15) is 8.78 Å². The number of rotatable bonds is 6. The predicted octanol–water partition coefficient (Wildman–Crippen LogP) is 1.45. The minimum atomic E-state index is -0.581. The highest BCUT2D eigenvalue weighted by molar-refractivity contribution is 5.30. The number of hydrogen-bond donors (Lipinski definition) is 2. The highest BCUT2D eigenvalue weighted by Crippen LogP contribution is 2.20. The zero-order valence-electron chi connectivity index (χ0n) is 9.09. The molecule has 0 aliphatic carbocycles. The Morgan fingerprint density at radius 1 is 1.31 bits per heavy atom. The fourth-order valence-electron chi connectivity index (χ4n) is 1.29. The van der Waals surface area contributed by atoms with E-state index in [4.69, 9.17) is 5.11 Å². The van der Waals surface area contributed by atoms with Crippen LogP contribution in [0.25, 0.3) is 0 Å². The molecule has 1 rings (SSSR count). The van der Waals surface area contributed by atoms with Gasteiger partial charge in [0, 0.05) is 24.8 Å².